The molecule has 3 nitrogen and oxygen atoms in total. The number of methoxy groups -OCH3 is 1. The number of carbonyl (C=O) groups is 1. The Morgan fingerprint density at radius 2 is 2.29 bits per heavy atom. The fraction of sp³-hybridized carbons (Fsp3) is 0.364. The maximum Gasteiger partial charge on any atom is 0.254 e. The Morgan fingerprint density at radius 1 is 1.59 bits per heavy atom. The van der Waals surface area contributed by atoms with E-state index in [0.717, 1.165) is 6.07 Å². The van der Waals surface area contributed by atoms with E-state index in [4.69, 9.17) is 27.9 Å². The summed E-state index contributed by atoms with van der Waals surface area (Å²) in [5, 5.41) is 2.41. The lowest BCUT2D eigenvalue weighted by Crippen LogP contribution is -2.32. The first-order valence-electron chi connectivity index (χ1n) is 4.91. The Hall–Kier alpha value is -0.840. The van der Waals surface area contributed by atoms with Gasteiger partial charge in [-0.25, -0.2) is 4.39 Å². The van der Waals surface area contributed by atoms with Crippen LogP contribution in [0.5, 0.6) is 0 Å². The highest BCUT2D eigenvalue weighted by Gasteiger charge is 2.13. The molecule has 0 fully saturated rings. The fourth-order valence-corrected chi connectivity index (χ4v) is 1.57. The van der Waals surface area contributed by atoms with Gasteiger partial charge in [0.1, 0.15) is 5.82 Å². The first kappa shape index (κ1) is 14.2. The van der Waals surface area contributed by atoms with Gasteiger partial charge in [0.2, 0.25) is 0 Å². The van der Waals surface area contributed by atoms with Crippen molar-refractivity contribution in [2.45, 2.75) is 5.38 Å². The highest BCUT2D eigenvalue weighted by Crippen LogP contribution is 2.14. The number of rotatable bonds is 5. The van der Waals surface area contributed by atoms with Gasteiger partial charge in [-0.3, -0.25) is 4.79 Å². The number of carbonyl (C=O) groups excluding carboxylic acids is 1. The molecule has 94 valence electrons. The molecule has 0 aliphatic heterocycles. The van der Waals surface area contributed by atoms with Crippen LogP contribution in [0.3, 0.4) is 0 Å². The number of nitrogens with one attached hydrogen (secondary N) is 1. The minimum absolute atomic E-state index is 0.0596. The summed E-state index contributed by atoms with van der Waals surface area (Å²) >= 11 is 11.4. The average molecular weight is 280 g/mol. The SMILES string of the molecule is COCC(Cl)CNC(=O)c1ccc(Cl)cc1F. The number of amides is 1. The molecule has 0 aliphatic carbocycles. The number of hydrogen-bond acceptors (Lipinski definition) is 2. The monoisotopic (exact) mass is 279 g/mol. The largest absolute Gasteiger partial charge is 0.383 e. The molecule has 0 radical (unpaired) electrons. The molecular weight excluding hydrogens is 268 g/mol. The van der Waals surface area contributed by atoms with Crippen LogP contribution in [0.1, 0.15) is 10.4 Å². The van der Waals surface area contributed by atoms with Crippen LogP contribution in [0.15, 0.2) is 18.2 Å². The van der Waals surface area contributed by atoms with Gasteiger partial charge in [0.15, 0.2) is 0 Å². The van der Waals surface area contributed by atoms with E-state index in [1.165, 1.54) is 19.2 Å². The molecule has 0 heterocycles. The molecular formula is C11H12Cl2FNO2. The summed E-state index contributed by atoms with van der Waals surface area (Å²) in [6.45, 7) is 0.515. The summed E-state index contributed by atoms with van der Waals surface area (Å²) in [6.07, 6.45) is 0. The molecule has 1 unspecified atom stereocenters. The van der Waals surface area contributed by atoms with E-state index < -0.39 is 11.7 Å². The van der Waals surface area contributed by atoms with E-state index in [9.17, 15) is 9.18 Å². The molecule has 0 aliphatic rings. The number of halogens is 3. The van der Waals surface area contributed by atoms with Crippen molar-refractivity contribution in [2.75, 3.05) is 20.3 Å². The molecule has 0 aromatic heterocycles. The van der Waals surface area contributed by atoms with Gasteiger partial charge in [0.05, 0.1) is 17.5 Å². The molecule has 1 aromatic rings. The van der Waals surface area contributed by atoms with Crippen LogP contribution in [0, 0.1) is 5.82 Å². The van der Waals surface area contributed by atoms with Gasteiger partial charge in [0.25, 0.3) is 5.91 Å². The average Bonchev–Trinajstić information content (AvgIpc) is 2.26. The maximum atomic E-state index is 13.4. The predicted molar refractivity (Wildman–Crippen MR) is 65.3 cm³/mol. The van der Waals surface area contributed by atoms with Gasteiger partial charge < -0.3 is 10.1 Å². The van der Waals surface area contributed by atoms with Gasteiger partial charge in [-0.15, -0.1) is 11.6 Å². The van der Waals surface area contributed by atoms with Crippen molar-refractivity contribution in [1.82, 2.24) is 5.32 Å². The fourth-order valence-electron chi connectivity index (χ4n) is 1.21. The minimum atomic E-state index is -0.659. The molecule has 0 spiro atoms. The second-order valence-corrected chi connectivity index (χ2v) is 4.44. The first-order chi connectivity index (χ1) is 8.04. The third kappa shape index (κ3) is 4.50. The van der Waals surface area contributed by atoms with Gasteiger partial charge in [-0.05, 0) is 18.2 Å². The van der Waals surface area contributed by atoms with Crippen molar-refractivity contribution >= 4 is 29.1 Å². The Balaban J connectivity index is 2.58. The molecule has 6 heteroatoms. The minimum Gasteiger partial charge on any atom is -0.383 e. The van der Waals surface area contributed by atoms with E-state index in [2.05, 4.69) is 5.32 Å². The van der Waals surface area contributed by atoms with Crippen LogP contribution in [0.25, 0.3) is 0 Å². The third-order valence-electron chi connectivity index (χ3n) is 2.01. The third-order valence-corrected chi connectivity index (χ3v) is 2.52. The number of hydrogen-bond donors (Lipinski definition) is 1. The van der Waals surface area contributed by atoms with Crippen LogP contribution in [-0.2, 0) is 4.74 Å². The smallest absolute Gasteiger partial charge is 0.254 e. The Kier molecular flexibility index (Phi) is 5.68. The standard InChI is InChI=1S/C11H12Cl2FNO2/c1-17-6-8(13)5-15-11(16)9-3-2-7(12)4-10(9)14/h2-4,8H,5-6H2,1H3,(H,15,16). The maximum absolute atomic E-state index is 13.4. The zero-order valence-corrected chi connectivity index (χ0v) is 10.7. The zero-order chi connectivity index (χ0) is 12.8. The van der Waals surface area contributed by atoms with Gasteiger partial charge >= 0.3 is 0 Å². The highest BCUT2D eigenvalue weighted by molar-refractivity contribution is 6.30. The highest BCUT2D eigenvalue weighted by atomic mass is 35.5. The van der Waals surface area contributed by atoms with E-state index in [-0.39, 0.29) is 22.5 Å². The predicted octanol–water partition coefficient (Wildman–Crippen LogP) is 2.46. The van der Waals surface area contributed by atoms with Crippen LogP contribution < -0.4 is 5.32 Å². The summed E-state index contributed by atoms with van der Waals surface area (Å²) in [7, 11) is 1.51. The molecule has 17 heavy (non-hydrogen) atoms. The summed E-state index contributed by atoms with van der Waals surface area (Å²) in [5.41, 5.74) is -0.0596. The van der Waals surface area contributed by atoms with Crippen LogP contribution in [0.4, 0.5) is 4.39 Å². The van der Waals surface area contributed by atoms with Crippen molar-refractivity contribution in [3.8, 4) is 0 Å². The molecule has 1 rings (SSSR count). The second-order valence-electron chi connectivity index (χ2n) is 3.39. The number of benzene rings is 1. The van der Waals surface area contributed by atoms with Gasteiger partial charge in [-0.1, -0.05) is 11.6 Å². The summed E-state index contributed by atoms with van der Waals surface area (Å²) in [6, 6.07) is 3.86. The molecule has 1 atom stereocenters. The zero-order valence-electron chi connectivity index (χ0n) is 9.17. The van der Waals surface area contributed by atoms with Crippen LogP contribution in [0.2, 0.25) is 5.02 Å². The lowest BCUT2D eigenvalue weighted by atomic mass is 10.2. The quantitative estimate of drug-likeness (QED) is 0.841. The molecule has 1 N–H and O–H groups in total. The van der Waals surface area contributed by atoms with Crippen LogP contribution >= 0.6 is 23.2 Å². The van der Waals surface area contributed by atoms with Gasteiger partial charge in [-0.2, -0.15) is 0 Å². The Morgan fingerprint density at radius 3 is 2.88 bits per heavy atom. The Labute approximate surface area is 109 Å². The number of ether oxygens (including phenoxy) is 1. The van der Waals surface area contributed by atoms with Crippen molar-refractivity contribution < 1.29 is 13.9 Å². The number of alkyl halides is 1. The lowest BCUT2D eigenvalue weighted by Gasteiger charge is -2.10. The van der Waals surface area contributed by atoms with E-state index in [1.54, 1.807) is 0 Å². The normalized spacial score (nSPS) is 12.2. The molecule has 1 aromatic carbocycles. The second kappa shape index (κ2) is 6.79. The van der Waals surface area contributed by atoms with E-state index in [1.807, 2.05) is 0 Å². The Bertz CT molecular complexity index is 401. The van der Waals surface area contributed by atoms with Crippen molar-refractivity contribution in [2.24, 2.45) is 0 Å². The van der Waals surface area contributed by atoms with E-state index >= 15 is 0 Å². The summed E-state index contributed by atoms with van der Waals surface area (Å²) < 4.78 is 18.2. The topological polar surface area (TPSA) is 38.3 Å². The van der Waals surface area contributed by atoms with Crippen molar-refractivity contribution in [3.63, 3.8) is 0 Å². The summed E-state index contributed by atoms with van der Waals surface area (Å²) in [4.78, 5) is 11.6. The van der Waals surface area contributed by atoms with Crippen molar-refractivity contribution in [1.29, 1.82) is 0 Å². The lowest BCUT2D eigenvalue weighted by molar-refractivity contribution is 0.0945. The first-order valence-corrected chi connectivity index (χ1v) is 5.72. The molecule has 0 saturated carbocycles. The van der Waals surface area contributed by atoms with Crippen LogP contribution in [-0.4, -0.2) is 31.5 Å². The molecule has 1 amide bonds. The van der Waals surface area contributed by atoms with Crippen molar-refractivity contribution in [3.05, 3.63) is 34.6 Å². The summed E-state index contributed by atoms with van der Waals surface area (Å²) in [5.74, 6) is -1.19. The molecule has 0 saturated heterocycles. The van der Waals surface area contributed by atoms with E-state index in [0.29, 0.717) is 6.61 Å². The molecule has 0 bridgehead atoms. The van der Waals surface area contributed by atoms with Gasteiger partial charge in [0, 0.05) is 18.7 Å².